The van der Waals surface area contributed by atoms with Crippen LogP contribution in [-0.4, -0.2) is 17.4 Å². The normalized spacial score (nSPS) is 9.33. The van der Waals surface area contributed by atoms with E-state index >= 15 is 0 Å². The molecule has 1 rings (SSSR count). The third kappa shape index (κ3) is 2.99. The van der Waals surface area contributed by atoms with Gasteiger partial charge in [-0.25, -0.2) is 0 Å². The number of pyridine rings is 1. The van der Waals surface area contributed by atoms with Gasteiger partial charge < -0.3 is 11.1 Å². The van der Waals surface area contributed by atoms with Crippen molar-refractivity contribution in [1.29, 1.82) is 0 Å². The van der Waals surface area contributed by atoms with Crippen LogP contribution in [0.5, 0.6) is 0 Å². The molecule has 0 spiro atoms. The van der Waals surface area contributed by atoms with Gasteiger partial charge in [0.1, 0.15) is 0 Å². The van der Waals surface area contributed by atoms with Crippen molar-refractivity contribution in [3.05, 3.63) is 23.5 Å². The molecule has 4 nitrogen and oxygen atoms in total. The van der Waals surface area contributed by atoms with Crippen molar-refractivity contribution in [3.63, 3.8) is 0 Å². The Hall–Kier alpha value is -2.02. The fourth-order valence-electron chi connectivity index (χ4n) is 1.12. The van der Waals surface area contributed by atoms with E-state index in [4.69, 9.17) is 12.2 Å². The molecule has 1 aromatic heterocycles. The van der Waals surface area contributed by atoms with Gasteiger partial charge in [0.25, 0.3) is 5.91 Å². The Bertz CT molecular complexity index is 407. The third-order valence-electron chi connectivity index (χ3n) is 1.91. The average Bonchev–Trinajstić information content (AvgIpc) is 2.22. The molecule has 0 atom stereocenters. The van der Waals surface area contributed by atoms with E-state index in [9.17, 15) is 4.79 Å². The second-order valence-electron chi connectivity index (χ2n) is 3.11. The molecule has 78 valence electrons. The van der Waals surface area contributed by atoms with E-state index in [0.29, 0.717) is 29.9 Å². The highest BCUT2D eigenvalue weighted by Gasteiger charge is 2.09. The van der Waals surface area contributed by atoms with Gasteiger partial charge in [-0.1, -0.05) is 0 Å². The molecule has 0 bridgehead atoms. The minimum Gasteiger partial charge on any atom is -0.397 e. The van der Waals surface area contributed by atoms with Gasteiger partial charge in [0.05, 0.1) is 23.1 Å². The minimum absolute atomic E-state index is 0.192. The number of aryl methyl sites for hydroxylation is 1. The predicted molar refractivity (Wildman–Crippen MR) is 59.2 cm³/mol. The number of anilines is 1. The molecule has 0 saturated carbocycles. The quantitative estimate of drug-likeness (QED) is 0.562. The van der Waals surface area contributed by atoms with Crippen molar-refractivity contribution in [2.45, 2.75) is 13.3 Å². The number of carbonyl (C=O) groups excluding carboxylic acids is 1. The van der Waals surface area contributed by atoms with Crippen LogP contribution in [0.25, 0.3) is 0 Å². The highest BCUT2D eigenvalue weighted by molar-refractivity contribution is 5.95. The van der Waals surface area contributed by atoms with Gasteiger partial charge in [-0.2, -0.15) is 0 Å². The summed E-state index contributed by atoms with van der Waals surface area (Å²) in [4.78, 5) is 15.6. The molecule has 0 aromatic carbocycles. The van der Waals surface area contributed by atoms with E-state index < -0.39 is 0 Å². The van der Waals surface area contributed by atoms with Crippen LogP contribution in [0.2, 0.25) is 0 Å². The number of hydrogen-bond acceptors (Lipinski definition) is 3. The zero-order chi connectivity index (χ0) is 11.3. The lowest BCUT2D eigenvalue weighted by molar-refractivity contribution is 0.0953. The fourth-order valence-corrected chi connectivity index (χ4v) is 1.12. The summed E-state index contributed by atoms with van der Waals surface area (Å²) >= 11 is 0. The Morgan fingerprint density at radius 2 is 2.47 bits per heavy atom. The monoisotopic (exact) mass is 203 g/mol. The maximum Gasteiger partial charge on any atom is 0.253 e. The van der Waals surface area contributed by atoms with Crippen LogP contribution >= 0.6 is 0 Å². The van der Waals surface area contributed by atoms with Crippen LogP contribution in [0.1, 0.15) is 22.5 Å². The smallest absolute Gasteiger partial charge is 0.253 e. The van der Waals surface area contributed by atoms with Gasteiger partial charge in [0, 0.05) is 13.0 Å². The van der Waals surface area contributed by atoms with Crippen LogP contribution in [0.4, 0.5) is 5.69 Å². The molecule has 0 saturated heterocycles. The van der Waals surface area contributed by atoms with Crippen molar-refractivity contribution in [1.82, 2.24) is 10.3 Å². The molecule has 1 aromatic rings. The number of nitrogens with zero attached hydrogens (tertiary/aromatic N) is 1. The van der Waals surface area contributed by atoms with Gasteiger partial charge in [-0.3, -0.25) is 9.78 Å². The van der Waals surface area contributed by atoms with Gasteiger partial charge >= 0.3 is 0 Å². The molecule has 3 N–H and O–H groups in total. The SMILES string of the molecule is C#CCCNC(=O)c1cc(N)cnc1C. The number of nitrogens with two attached hydrogens (primary N) is 1. The number of carbonyl (C=O) groups is 1. The van der Waals surface area contributed by atoms with E-state index in [1.807, 2.05) is 0 Å². The molecule has 0 aliphatic carbocycles. The van der Waals surface area contributed by atoms with Gasteiger partial charge in [-0.05, 0) is 13.0 Å². The molecule has 4 heteroatoms. The molecule has 1 heterocycles. The number of hydrogen-bond donors (Lipinski definition) is 2. The van der Waals surface area contributed by atoms with Crippen LogP contribution in [0.15, 0.2) is 12.3 Å². The summed E-state index contributed by atoms with van der Waals surface area (Å²) in [6, 6.07) is 1.60. The summed E-state index contributed by atoms with van der Waals surface area (Å²) in [5.74, 6) is 2.25. The predicted octanol–water partition coefficient (Wildman–Crippen LogP) is 0.725. The summed E-state index contributed by atoms with van der Waals surface area (Å²) in [7, 11) is 0. The topological polar surface area (TPSA) is 68.0 Å². The number of amides is 1. The van der Waals surface area contributed by atoms with E-state index in [1.165, 1.54) is 6.20 Å². The fraction of sp³-hybridized carbons (Fsp3) is 0.273. The van der Waals surface area contributed by atoms with Crippen LogP contribution < -0.4 is 11.1 Å². The number of rotatable bonds is 3. The van der Waals surface area contributed by atoms with Crippen LogP contribution in [0.3, 0.4) is 0 Å². The molecule has 0 fully saturated rings. The first-order valence-corrected chi connectivity index (χ1v) is 4.59. The van der Waals surface area contributed by atoms with Crippen molar-refractivity contribution in [3.8, 4) is 12.3 Å². The number of nitrogen functional groups attached to an aromatic ring is 1. The highest BCUT2D eigenvalue weighted by Crippen LogP contribution is 2.08. The Labute approximate surface area is 88.9 Å². The van der Waals surface area contributed by atoms with E-state index in [-0.39, 0.29) is 5.91 Å². The zero-order valence-corrected chi connectivity index (χ0v) is 8.58. The minimum atomic E-state index is -0.192. The zero-order valence-electron chi connectivity index (χ0n) is 8.58. The summed E-state index contributed by atoms with van der Waals surface area (Å²) in [6.07, 6.45) is 7.11. The first kappa shape index (κ1) is 11.1. The number of aromatic nitrogens is 1. The summed E-state index contributed by atoms with van der Waals surface area (Å²) in [6.45, 7) is 2.22. The summed E-state index contributed by atoms with van der Waals surface area (Å²) in [5, 5.41) is 2.69. The summed E-state index contributed by atoms with van der Waals surface area (Å²) < 4.78 is 0. The second kappa shape index (κ2) is 5.01. The maximum absolute atomic E-state index is 11.6. The highest BCUT2D eigenvalue weighted by atomic mass is 16.1. The standard InChI is InChI=1S/C11H13N3O/c1-3-4-5-13-11(15)10-6-9(12)7-14-8(10)2/h1,6-7H,4-5,12H2,2H3,(H,13,15). The van der Waals surface area contributed by atoms with Crippen LogP contribution in [-0.2, 0) is 0 Å². The molecule has 0 radical (unpaired) electrons. The third-order valence-corrected chi connectivity index (χ3v) is 1.91. The molecule has 15 heavy (non-hydrogen) atoms. The molecule has 0 aliphatic heterocycles. The second-order valence-corrected chi connectivity index (χ2v) is 3.11. The van der Waals surface area contributed by atoms with Crippen molar-refractivity contribution >= 4 is 11.6 Å². The first-order valence-electron chi connectivity index (χ1n) is 4.59. The first-order chi connectivity index (χ1) is 7.15. The number of terminal acetylenes is 1. The molecule has 1 amide bonds. The maximum atomic E-state index is 11.6. The Kier molecular flexibility index (Phi) is 3.69. The molecule has 0 aliphatic rings. The molecule has 0 unspecified atom stereocenters. The lowest BCUT2D eigenvalue weighted by Gasteiger charge is -2.06. The van der Waals surface area contributed by atoms with E-state index in [1.54, 1.807) is 13.0 Å². The van der Waals surface area contributed by atoms with E-state index in [2.05, 4.69) is 16.2 Å². The van der Waals surface area contributed by atoms with Crippen LogP contribution in [0, 0.1) is 19.3 Å². The molecular weight excluding hydrogens is 190 g/mol. The Morgan fingerprint density at radius 3 is 3.13 bits per heavy atom. The average molecular weight is 203 g/mol. The molecular formula is C11H13N3O. The lowest BCUT2D eigenvalue weighted by atomic mass is 10.2. The van der Waals surface area contributed by atoms with Crippen molar-refractivity contribution in [2.75, 3.05) is 12.3 Å². The largest absolute Gasteiger partial charge is 0.397 e. The van der Waals surface area contributed by atoms with Crippen molar-refractivity contribution < 1.29 is 4.79 Å². The number of nitrogens with one attached hydrogen (secondary N) is 1. The summed E-state index contributed by atoms with van der Waals surface area (Å²) in [5.41, 5.74) is 7.17. The van der Waals surface area contributed by atoms with Gasteiger partial charge in [-0.15, -0.1) is 12.3 Å². The Morgan fingerprint density at radius 1 is 1.73 bits per heavy atom. The lowest BCUT2D eigenvalue weighted by Crippen LogP contribution is -2.25. The van der Waals surface area contributed by atoms with Gasteiger partial charge in [0.2, 0.25) is 0 Å². The van der Waals surface area contributed by atoms with Crippen molar-refractivity contribution in [2.24, 2.45) is 0 Å². The van der Waals surface area contributed by atoms with Gasteiger partial charge in [0.15, 0.2) is 0 Å². The Balaban J connectivity index is 2.73. The van der Waals surface area contributed by atoms with E-state index in [0.717, 1.165) is 0 Å².